The van der Waals surface area contributed by atoms with Gasteiger partial charge in [0.2, 0.25) is 10.0 Å². The summed E-state index contributed by atoms with van der Waals surface area (Å²) in [6.45, 7) is 4.81. The molecule has 2 heterocycles. The second-order valence-electron chi connectivity index (χ2n) is 4.88. The number of hydrogen-bond acceptors (Lipinski definition) is 5. The van der Waals surface area contributed by atoms with Crippen LogP contribution in [0.3, 0.4) is 0 Å². The molecule has 8 heteroatoms. The first-order valence-corrected chi connectivity index (χ1v) is 7.93. The van der Waals surface area contributed by atoms with Gasteiger partial charge in [0.1, 0.15) is 16.4 Å². The fraction of sp³-hybridized carbons (Fsp3) is 0.462. The van der Waals surface area contributed by atoms with Crippen LogP contribution >= 0.6 is 0 Å². The third-order valence-electron chi connectivity index (χ3n) is 3.54. The first-order valence-electron chi connectivity index (χ1n) is 6.44. The first kappa shape index (κ1) is 15.7. The number of hydrogen-bond donors (Lipinski definition) is 2. The largest absolute Gasteiger partial charge is 0.465 e. The van der Waals surface area contributed by atoms with E-state index in [0.717, 1.165) is 11.3 Å². The molecule has 0 aromatic carbocycles. The summed E-state index contributed by atoms with van der Waals surface area (Å²) >= 11 is 0. The first-order chi connectivity index (χ1) is 9.77. The van der Waals surface area contributed by atoms with Gasteiger partial charge in [0.25, 0.3) is 0 Å². The second-order valence-corrected chi connectivity index (χ2v) is 6.59. The average molecular weight is 313 g/mol. The molecule has 0 radical (unpaired) electrons. The molecule has 21 heavy (non-hydrogen) atoms. The van der Waals surface area contributed by atoms with Crippen LogP contribution in [-0.4, -0.2) is 23.3 Å². The minimum atomic E-state index is -3.76. The number of aliphatic hydroxyl groups excluding tert-OH is 1. The molecule has 0 aliphatic rings. The molecule has 0 saturated carbocycles. The Morgan fingerprint density at radius 2 is 2.00 bits per heavy atom. The summed E-state index contributed by atoms with van der Waals surface area (Å²) in [5, 5.41) is 13.4. The maximum absolute atomic E-state index is 12.4. The average Bonchev–Trinajstić information content (AvgIpc) is 2.88. The maximum atomic E-state index is 12.4. The lowest BCUT2D eigenvalue weighted by Crippen LogP contribution is -2.24. The standard InChI is InChI=1S/C13H19N3O4S/c1-8-11(5-14-16(8)4)6-15-21(18,19)13-10(3)20-9(2)12(13)7-17/h5,15,17H,6-7H2,1-4H3. The highest BCUT2D eigenvalue weighted by molar-refractivity contribution is 7.89. The van der Waals surface area contributed by atoms with Crippen LogP contribution < -0.4 is 4.72 Å². The summed E-state index contributed by atoms with van der Waals surface area (Å²) in [4.78, 5) is 0.0176. The van der Waals surface area contributed by atoms with Crippen molar-refractivity contribution in [1.82, 2.24) is 14.5 Å². The van der Waals surface area contributed by atoms with Crippen molar-refractivity contribution in [3.05, 3.63) is 34.5 Å². The predicted molar refractivity (Wildman–Crippen MR) is 76.1 cm³/mol. The van der Waals surface area contributed by atoms with Crippen molar-refractivity contribution < 1.29 is 17.9 Å². The van der Waals surface area contributed by atoms with E-state index in [1.807, 2.05) is 6.92 Å². The van der Waals surface area contributed by atoms with Crippen LogP contribution in [0.1, 0.15) is 28.3 Å². The number of aryl methyl sites for hydroxylation is 3. The Morgan fingerprint density at radius 3 is 2.52 bits per heavy atom. The molecule has 116 valence electrons. The minimum Gasteiger partial charge on any atom is -0.465 e. The molecule has 2 N–H and O–H groups in total. The molecule has 0 aliphatic heterocycles. The van der Waals surface area contributed by atoms with Crippen LogP contribution in [-0.2, 0) is 30.2 Å². The predicted octanol–water partition coefficient (Wildman–Crippen LogP) is 0.909. The van der Waals surface area contributed by atoms with Crippen LogP contribution in [0.5, 0.6) is 0 Å². The molecule has 0 unspecified atom stereocenters. The molecule has 0 saturated heterocycles. The van der Waals surface area contributed by atoms with Gasteiger partial charge in [-0.25, -0.2) is 13.1 Å². The highest BCUT2D eigenvalue weighted by atomic mass is 32.2. The maximum Gasteiger partial charge on any atom is 0.244 e. The number of aliphatic hydroxyl groups is 1. The van der Waals surface area contributed by atoms with E-state index in [4.69, 9.17) is 4.42 Å². The van der Waals surface area contributed by atoms with Gasteiger partial charge in [0.05, 0.1) is 12.8 Å². The second kappa shape index (κ2) is 5.63. The topological polar surface area (TPSA) is 97.4 Å². The highest BCUT2D eigenvalue weighted by Gasteiger charge is 2.26. The third-order valence-corrected chi connectivity index (χ3v) is 5.14. The van der Waals surface area contributed by atoms with Crippen LogP contribution in [0.15, 0.2) is 15.5 Å². The quantitative estimate of drug-likeness (QED) is 0.855. The van der Waals surface area contributed by atoms with Gasteiger partial charge >= 0.3 is 0 Å². The van der Waals surface area contributed by atoms with E-state index in [9.17, 15) is 13.5 Å². The summed E-state index contributed by atoms with van der Waals surface area (Å²) in [5.41, 5.74) is 1.98. The van der Waals surface area contributed by atoms with Crippen molar-refractivity contribution in [2.45, 2.75) is 38.8 Å². The van der Waals surface area contributed by atoms with E-state index in [1.54, 1.807) is 31.8 Å². The van der Waals surface area contributed by atoms with E-state index >= 15 is 0 Å². The van der Waals surface area contributed by atoms with Gasteiger partial charge in [-0.2, -0.15) is 5.10 Å². The fourth-order valence-electron chi connectivity index (χ4n) is 2.21. The van der Waals surface area contributed by atoms with Crippen molar-refractivity contribution in [3.8, 4) is 0 Å². The van der Waals surface area contributed by atoms with E-state index in [1.165, 1.54) is 0 Å². The molecule has 0 amide bonds. The fourth-order valence-corrected chi connectivity index (χ4v) is 3.65. The smallest absolute Gasteiger partial charge is 0.244 e. The summed E-state index contributed by atoms with van der Waals surface area (Å²) in [7, 11) is -1.97. The Bertz CT molecular complexity index is 759. The molecule has 0 bridgehead atoms. The zero-order valence-corrected chi connectivity index (χ0v) is 13.3. The Kier molecular flexibility index (Phi) is 4.22. The van der Waals surface area contributed by atoms with Gasteiger partial charge in [0, 0.05) is 30.4 Å². The number of aromatic nitrogens is 2. The number of nitrogens with one attached hydrogen (secondary N) is 1. The Labute approximate surface area is 123 Å². The number of nitrogens with zero attached hydrogens (tertiary/aromatic N) is 2. The Morgan fingerprint density at radius 1 is 1.33 bits per heavy atom. The van der Waals surface area contributed by atoms with Crippen LogP contribution in [0.2, 0.25) is 0 Å². The van der Waals surface area contributed by atoms with E-state index in [-0.39, 0.29) is 23.8 Å². The van der Waals surface area contributed by atoms with Crippen molar-refractivity contribution >= 4 is 10.0 Å². The molecule has 7 nitrogen and oxygen atoms in total. The highest BCUT2D eigenvalue weighted by Crippen LogP contribution is 2.26. The Hall–Kier alpha value is -1.64. The van der Waals surface area contributed by atoms with Crippen molar-refractivity contribution in [1.29, 1.82) is 0 Å². The molecule has 0 aliphatic carbocycles. The number of furan rings is 1. The molecule has 2 aromatic heterocycles. The normalized spacial score (nSPS) is 12.0. The summed E-state index contributed by atoms with van der Waals surface area (Å²) in [6.07, 6.45) is 1.62. The number of rotatable bonds is 5. The lowest BCUT2D eigenvalue weighted by molar-refractivity contribution is 0.276. The summed E-state index contributed by atoms with van der Waals surface area (Å²) in [5.74, 6) is 0.680. The molecule has 2 aromatic rings. The molecular weight excluding hydrogens is 294 g/mol. The van der Waals surface area contributed by atoms with Crippen molar-refractivity contribution in [3.63, 3.8) is 0 Å². The van der Waals surface area contributed by atoms with Gasteiger partial charge in [0.15, 0.2) is 0 Å². The Balaban J connectivity index is 2.29. The molecule has 0 atom stereocenters. The molecule has 2 rings (SSSR count). The van der Waals surface area contributed by atoms with Gasteiger partial charge < -0.3 is 9.52 Å². The lowest BCUT2D eigenvalue weighted by atomic mass is 10.2. The molecular formula is C13H19N3O4S. The zero-order chi connectivity index (χ0) is 15.8. The summed E-state index contributed by atoms with van der Waals surface area (Å²) < 4.78 is 34.4. The van der Waals surface area contributed by atoms with Crippen molar-refractivity contribution in [2.75, 3.05) is 0 Å². The SMILES string of the molecule is Cc1oc(C)c(S(=O)(=O)NCc2cnn(C)c2C)c1CO. The van der Waals surface area contributed by atoms with Crippen molar-refractivity contribution in [2.24, 2.45) is 7.05 Å². The van der Waals surface area contributed by atoms with Gasteiger partial charge in [-0.3, -0.25) is 4.68 Å². The summed E-state index contributed by atoms with van der Waals surface area (Å²) in [6, 6.07) is 0. The van der Waals surface area contributed by atoms with E-state index in [2.05, 4.69) is 9.82 Å². The molecule has 0 spiro atoms. The van der Waals surface area contributed by atoms with Gasteiger partial charge in [-0.15, -0.1) is 0 Å². The zero-order valence-electron chi connectivity index (χ0n) is 12.5. The van der Waals surface area contributed by atoms with Crippen LogP contribution in [0.25, 0.3) is 0 Å². The third kappa shape index (κ3) is 2.87. The molecule has 0 fully saturated rings. The van der Waals surface area contributed by atoms with Crippen LogP contribution in [0, 0.1) is 20.8 Å². The van der Waals surface area contributed by atoms with E-state index < -0.39 is 10.0 Å². The minimum absolute atomic E-state index is 0.0176. The van der Waals surface area contributed by atoms with Crippen LogP contribution in [0.4, 0.5) is 0 Å². The van der Waals surface area contributed by atoms with Gasteiger partial charge in [-0.05, 0) is 20.8 Å². The monoisotopic (exact) mass is 313 g/mol. The van der Waals surface area contributed by atoms with Gasteiger partial charge in [-0.1, -0.05) is 0 Å². The van der Waals surface area contributed by atoms with E-state index in [0.29, 0.717) is 11.3 Å². The lowest BCUT2D eigenvalue weighted by Gasteiger charge is -2.07. The number of sulfonamides is 1.